The molecule has 0 saturated heterocycles. The van der Waals surface area contributed by atoms with Crippen molar-refractivity contribution in [2.45, 2.75) is 111 Å². The van der Waals surface area contributed by atoms with Crippen molar-refractivity contribution in [3.8, 4) is 0 Å². The molecule has 3 saturated carbocycles. The molecule has 0 atom stereocenters. The minimum atomic E-state index is -0.146. The van der Waals surface area contributed by atoms with Crippen LogP contribution in [0.1, 0.15) is 99.3 Å². The predicted molar refractivity (Wildman–Crippen MR) is 96.9 cm³/mol. The van der Waals surface area contributed by atoms with Crippen molar-refractivity contribution in [3.05, 3.63) is 0 Å². The van der Waals surface area contributed by atoms with Crippen molar-refractivity contribution in [3.63, 3.8) is 0 Å². The summed E-state index contributed by atoms with van der Waals surface area (Å²) in [6.07, 6.45) is 12.0. The zero-order valence-corrected chi connectivity index (χ0v) is 15.9. The largest absolute Gasteiger partial charge is 0.369 e. The van der Waals surface area contributed by atoms with Crippen molar-refractivity contribution in [1.29, 1.82) is 0 Å². The summed E-state index contributed by atoms with van der Waals surface area (Å²) < 4.78 is 0. The van der Waals surface area contributed by atoms with E-state index in [1.807, 2.05) is 34.6 Å². The summed E-state index contributed by atoms with van der Waals surface area (Å²) in [7, 11) is 0. The lowest BCUT2D eigenvalue weighted by Crippen LogP contribution is -2.39. The Labute approximate surface area is 138 Å². The van der Waals surface area contributed by atoms with E-state index >= 15 is 0 Å². The molecule has 3 nitrogen and oxygen atoms in total. The van der Waals surface area contributed by atoms with Gasteiger partial charge < -0.3 is 11.1 Å². The average molecular weight is 313 g/mol. The molecule has 3 heteroatoms. The first-order chi connectivity index (χ1) is 10.4. The Kier molecular flexibility index (Phi) is 9.99. The summed E-state index contributed by atoms with van der Waals surface area (Å²) in [5, 5.41) is 3.77. The zero-order chi connectivity index (χ0) is 17.2. The number of nitrogens with one attached hydrogen (secondary N) is 1. The molecular formula is C19H40N2O. The van der Waals surface area contributed by atoms with Crippen LogP contribution in [0.5, 0.6) is 0 Å². The number of rotatable bonds is 3. The lowest BCUT2D eigenvalue weighted by molar-refractivity contribution is -0.122. The van der Waals surface area contributed by atoms with Gasteiger partial charge in [-0.05, 0) is 45.4 Å². The molecule has 0 bridgehead atoms. The minimum Gasteiger partial charge on any atom is -0.369 e. The van der Waals surface area contributed by atoms with Gasteiger partial charge in [-0.1, -0.05) is 53.9 Å². The van der Waals surface area contributed by atoms with Crippen LogP contribution < -0.4 is 11.1 Å². The molecule has 0 aromatic carbocycles. The third kappa shape index (κ3) is 8.17. The summed E-state index contributed by atoms with van der Waals surface area (Å²) in [4.78, 5) is 10.3. The smallest absolute Gasteiger partial charge is 0.223 e. The van der Waals surface area contributed by atoms with Crippen LogP contribution in [0.25, 0.3) is 0 Å². The molecule has 0 aliphatic heterocycles. The molecule has 3 aliphatic carbocycles. The number of carbonyl (C=O) groups is 1. The number of amides is 1. The van der Waals surface area contributed by atoms with Crippen LogP contribution in [0, 0.1) is 5.41 Å². The maximum absolute atomic E-state index is 10.3. The van der Waals surface area contributed by atoms with Gasteiger partial charge in [0.05, 0.1) is 0 Å². The Balaban J connectivity index is 0.000000348. The molecule has 0 radical (unpaired) electrons. The molecule has 3 fully saturated rings. The first kappa shape index (κ1) is 21.4. The highest BCUT2D eigenvalue weighted by Crippen LogP contribution is 2.44. The molecule has 132 valence electrons. The lowest BCUT2D eigenvalue weighted by atomic mass is 9.95. The zero-order valence-electron chi connectivity index (χ0n) is 15.9. The van der Waals surface area contributed by atoms with Crippen molar-refractivity contribution >= 4 is 5.91 Å². The Bertz CT molecular complexity index is 301. The topological polar surface area (TPSA) is 55.1 Å². The van der Waals surface area contributed by atoms with Crippen molar-refractivity contribution < 1.29 is 4.79 Å². The molecule has 0 heterocycles. The van der Waals surface area contributed by atoms with Crippen molar-refractivity contribution in [2.24, 2.45) is 11.1 Å². The molecule has 0 spiro atoms. The Hall–Kier alpha value is -0.570. The molecule has 3 rings (SSSR count). The van der Waals surface area contributed by atoms with Crippen LogP contribution in [-0.2, 0) is 4.79 Å². The van der Waals surface area contributed by atoms with E-state index in [4.69, 9.17) is 5.73 Å². The first-order valence-corrected chi connectivity index (χ1v) is 9.51. The summed E-state index contributed by atoms with van der Waals surface area (Å²) in [6, 6.07) is 0.858. The van der Waals surface area contributed by atoms with E-state index < -0.39 is 0 Å². The number of hydrogen-bond donors (Lipinski definition) is 2. The molecule has 0 unspecified atom stereocenters. The van der Waals surface area contributed by atoms with E-state index in [9.17, 15) is 4.79 Å². The van der Waals surface area contributed by atoms with Crippen LogP contribution in [0.4, 0.5) is 0 Å². The van der Waals surface area contributed by atoms with Gasteiger partial charge in [-0.25, -0.2) is 0 Å². The van der Waals surface area contributed by atoms with Crippen molar-refractivity contribution in [2.75, 3.05) is 0 Å². The number of hydrogen-bond acceptors (Lipinski definition) is 2. The summed E-state index contributed by atoms with van der Waals surface area (Å²) in [6.45, 7) is 12.3. The molecular weight excluding hydrogens is 272 g/mol. The van der Waals surface area contributed by atoms with Gasteiger partial charge >= 0.3 is 0 Å². The fourth-order valence-electron chi connectivity index (χ4n) is 2.51. The van der Waals surface area contributed by atoms with Gasteiger partial charge in [-0.2, -0.15) is 0 Å². The standard InChI is InChI=1S/C10H19N.C5H9NO.2C2H6/c1-10(7-8-10)11-9-5-3-2-4-6-9;1-5(2-3-5)4(6)7;2*1-2/h9,11H,2-8H2,1H3;2-3H2,1H3,(H2,6,7);2*1-2H3. The first-order valence-electron chi connectivity index (χ1n) is 9.51. The highest BCUT2D eigenvalue weighted by Gasteiger charge is 2.43. The molecule has 22 heavy (non-hydrogen) atoms. The predicted octanol–water partition coefficient (Wildman–Crippen LogP) is 4.79. The highest BCUT2D eigenvalue weighted by atomic mass is 16.1. The molecule has 0 aromatic heterocycles. The van der Waals surface area contributed by atoms with E-state index in [-0.39, 0.29) is 11.3 Å². The maximum atomic E-state index is 10.3. The normalized spacial score (nSPS) is 23.4. The molecule has 3 N–H and O–H groups in total. The van der Waals surface area contributed by atoms with Crippen LogP contribution in [0.15, 0.2) is 0 Å². The second-order valence-electron chi connectivity index (χ2n) is 6.96. The minimum absolute atomic E-state index is 0.111. The van der Waals surface area contributed by atoms with Crippen LogP contribution in [-0.4, -0.2) is 17.5 Å². The summed E-state index contributed by atoms with van der Waals surface area (Å²) in [5.41, 5.74) is 5.44. The number of carbonyl (C=O) groups excluding carboxylic acids is 1. The molecule has 1 amide bonds. The Morgan fingerprint density at radius 3 is 1.64 bits per heavy atom. The summed E-state index contributed by atoms with van der Waals surface area (Å²) >= 11 is 0. The Morgan fingerprint density at radius 1 is 0.909 bits per heavy atom. The number of primary amides is 1. The third-order valence-corrected chi connectivity index (χ3v) is 4.75. The molecule has 3 aliphatic rings. The van der Waals surface area contributed by atoms with Gasteiger partial charge in [-0.15, -0.1) is 0 Å². The van der Waals surface area contributed by atoms with Gasteiger partial charge in [0, 0.05) is 17.0 Å². The van der Waals surface area contributed by atoms with Gasteiger partial charge in [-0.3, -0.25) is 4.79 Å². The van der Waals surface area contributed by atoms with E-state index in [1.54, 1.807) is 0 Å². The Morgan fingerprint density at radius 2 is 1.36 bits per heavy atom. The van der Waals surface area contributed by atoms with Crippen LogP contribution in [0.2, 0.25) is 0 Å². The quantitative estimate of drug-likeness (QED) is 0.787. The fraction of sp³-hybridized carbons (Fsp3) is 0.947. The summed E-state index contributed by atoms with van der Waals surface area (Å²) in [5.74, 6) is -0.146. The number of nitrogens with two attached hydrogens (primary N) is 1. The molecule has 0 aromatic rings. The second kappa shape index (κ2) is 10.3. The highest BCUT2D eigenvalue weighted by molar-refractivity contribution is 5.82. The fourth-order valence-corrected chi connectivity index (χ4v) is 2.51. The van der Waals surface area contributed by atoms with E-state index in [2.05, 4.69) is 12.2 Å². The van der Waals surface area contributed by atoms with Gasteiger partial charge in [0.15, 0.2) is 0 Å². The van der Waals surface area contributed by atoms with E-state index in [0.29, 0.717) is 5.54 Å². The maximum Gasteiger partial charge on any atom is 0.223 e. The average Bonchev–Trinajstić information content (AvgIpc) is 3.45. The lowest BCUT2D eigenvalue weighted by Gasteiger charge is -2.26. The van der Waals surface area contributed by atoms with E-state index in [0.717, 1.165) is 18.9 Å². The van der Waals surface area contributed by atoms with Crippen molar-refractivity contribution in [1.82, 2.24) is 5.32 Å². The monoisotopic (exact) mass is 312 g/mol. The van der Waals surface area contributed by atoms with Gasteiger partial charge in [0.1, 0.15) is 0 Å². The second-order valence-corrected chi connectivity index (χ2v) is 6.96. The van der Waals surface area contributed by atoms with Gasteiger partial charge in [0.2, 0.25) is 5.91 Å². The third-order valence-electron chi connectivity index (χ3n) is 4.75. The van der Waals surface area contributed by atoms with E-state index in [1.165, 1.54) is 44.9 Å². The SMILES string of the molecule is CC.CC.CC1(C(N)=O)CC1.CC1(NC2CCCCC2)CC1. The van der Waals surface area contributed by atoms with Crippen LogP contribution in [0.3, 0.4) is 0 Å². The van der Waals surface area contributed by atoms with Crippen LogP contribution >= 0.6 is 0 Å². The van der Waals surface area contributed by atoms with Gasteiger partial charge in [0.25, 0.3) is 0 Å².